The summed E-state index contributed by atoms with van der Waals surface area (Å²) in [4.78, 5) is 0. The highest BCUT2D eigenvalue weighted by Crippen LogP contribution is 2.31. The zero-order chi connectivity index (χ0) is 13.1. The van der Waals surface area contributed by atoms with E-state index in [1.54, 1.807) is 6.07 Å². The number of ether oxygens (including phenoxy) is 1. The Labute approximate surface area is 111 Å². The molecule has 0 spiro atoms. The van der Waals surface area contributed by atoms with Crippen LogP contribution in [0.25, 0.3) is 10.8 Å². The van der Waals surface area contributed by atoms with Crippen molar-refractivity contribution in [1.29, 1.82) is 5.26 Å². The van der Waals surface area contributed by atoms with Crippen LogP contribution in [0.4, 0.5) is 0 Å². The quantitative estimate of drug-likeness (QED) is 0.665. The fraction of sp³-hybridized carbons (Fsp3) is 0. The van der Waals surface area contributed by atoms with Gasteiger partial charge in [0.05, 0.1) is 11.6 Å². The van der Waals surface area contributed by atoms with Gasteiger partial charge in [-0.05, 0) is 24.3 Å². The van der Waals surface area contributed by atoms with Gasteiger partial charge in [0.15, 0.2) is 0 Å². The van der Waals surface area contributed by atoms with Crippen LogP contribution in [-0.2, 0) is 0 Å². The lowest BCUT2D eigenvalue weighted by atomic mass is 10.0. The first kappa shape index (κ1) is 11.3. The number of nitrogens with zero attached hydrogens (tertiary/aromatic N) is 1. The fourth-order valence-electron chi connectivity index (χ4n) is 2.07. The lowest BCUT2D eigenvalue weighted by molar-refractivity contribution is 0.488. The van der Waals surface area contributed by atoms with E-state index in [4.69, 9.17) is 10.00 Å². The maximum atomic E-state index is 9.13. The number of rotatable bonds is 2. The Bertz CT molecular complexity index is 757. The van der Waals surface area contributed by atoms with E-state index in [1.165, 1.54) is 0 Å². The summed E-state index contributed by atoms with van der Waals surface area (Å²) in [7, 11) is 0. The second-order valence-corrected chi connectivity index (χ2v) is 4.18. The van der Waals surface area contributed by atoms with Gasteiger partial charge >= 0.3 is 0 Å². The van der Waals surface area contributed by atoms with E-state index in [-0.39, 0.29) is 0 Å². The van der Waals surface area contributed by atoms with E-state index in [2.05, 4.69) is 6.07 Å². The molecule has 0 N–H and O–H groups in total. The monoisotopic (exact) mass is 245 g/mol. The van der Waals surface area contributed by atoms with Gasteiger partial charge in [0, 0.05) is 10.8 Å². The SMILES string of the molecule is N#Cc1ccc(Oc2ccccc2)c2ccccc12. The van der Waals surface area contributed by atoms with Crippen LogP contribution < -0.4 is 4.74 Å². The summed E-state index contributed by atoms with van der Waals surface area (Å²) in [6.45, 7) is 0. The molecule has 0 saturated heterocycles. The molecule has 0 aliphatic rings. The molecule has 0 saturated carbocycles. The lowest BCUT2D eigenvalue weighted by Gasteiger charge is -2.09. The third-order valence-corrected chi connectivity index (χ3v) is 2.98. The summed E-state index contributed by atoms with van der Waals surface area (Å²) in [6.07, 6.45) is 0. The van der Waals surface area contributed by atoms with Gasteiger partial charge in [-0.15, -0.1) is 0 Å². The van der Waals surface area contributed by atoms with Crippen LogP contribution in [-0.4, -0.2) is 0 Å². The molecule has 19 heavy (non-hydrogen) atoms. The van der Waals surface area contributed by atoms with Gasteiger partial charge in [-0.2, -0.15) is 5.26 Å². The summed E-state index contributed by atoms with van der Waals surface area (Å²) in [6, 6.07) is 23.2. The molecule has 90 valence electrons. The minimum atomic E-state index is 0.663. The first-order chi connectivity index (χ1) is 9.38. The lowest BCUT2D eigenvalue weighted by Crippen LogP contribution is -1.87. The zero-order valence-electron chi connectivity index (χ0n) is 10.2. The third-order valence-electron chi connectivity index (χ3n) is 2.98. The molecule has 0 aromatic heterocycles. The Hall–Kier alpha value is -2.79. The Morgan fingerprint density at radius 2 is 1.42 bits per heavy atom. The topological polar surface area (TPSA) is 33.0 Å². The van der Waals surface area contributed by atoms with Crippen molar-refractivity contribution >= 4 is 10.8 Å². The van der Waals surface area contributed by atoms with Crippen LogP contribution in [0.2, 0.25) is 0 Å². The molecule has 0 aliphatic carbocycles. The first-order valence-corrected chi connectivity index (χ1v) is 6.03. The van der Waals surface area contributed by atoms with Crippen LogP contribution in [0.15, 0.2) is 66.7 Å². The van der Waals surface area contributed by atoms with E-state index in [1.807, 2.05) is 60.7 Å². The van der Waals surface area contributed by atoms with Crippen LogP contribution in [0.1, 0.15) is 5.56 Å². The summed E-state index contributed by atoms with van der Waals surface area (Å²) >= 11 is 0. The maximum absolute atomic E-state index is 9.13. The number of fused-ring (bicyclic) bond motifs is 1. The van der Waals surface area contributed by atoms with Crippen molar-refractivity contribution in [1.82, 2.24) is 0 Å². The second kappa shape index (κ2) is 4.83. The number of benzene rings is 3. The van der Waals surface area contributed by atoms with Crippen LogP contribution in [0.5, 0.6) is 11.5 Å². The highest BCUT2D eigenvalue weighted by molar-refractivity contribution is 5.92. The van der Waals surface area contributed by atoms with Gasteiger partial charge in [0.1, 0.15) is 11.5 Å². The van der Waals surface area contributed by atoms with E-state index in [0.717, 1.165) is 22.3 Å². The summed E-state index contributed by atoms with van der Waals surface area (Å²) in [5.74, 6) is 1.55. The number of hydrogen-bond acceptors (Lipinski definition) is 2. The Morgan fingerprint density at radius 3 is 2.16 bits per heavy atom. The van der Waals surface area contributed by atoms with E-state index >= 15 is 0 Å². The first-order valence-electron chi connectivity index (χ1n) is 6.03. The molecule has 3 aromatic carbocycles. The Kier molecular flexibility index (Phi) is 2.88. The van der Waals surface area contributed by atoms with E-state index in [0.29, 0.717) is 5.56 Å². The predicted molar refractivity (Wildman–Crippen MR) is 75.2 cm³/mol. The summed E-state index contributed by atoms with van der Waals surface area (Å²) < 4.78 is 5.88. The number of nitriles is 1. The summed E-state index contributed by atoms with van der Waals surface area (Å²) in [5.41, 5.74) is 0.663. The average Bonchev–Trinajstić information content (AvgIpc) is 2.49. The van der Waals surface area contributed by atoms with E-state index in [9.17, 15) is 0 Å². The van der Waals surface area contributed by atoms with Gasteiger partial charge in [-0.25, -0.2) is 0 Å². The third kappa shape index (κ3) is 2.14. The van der Waals surface area contributed by atoms with Gasteiger partial charge < -0.3 is 4.74 Å². The van der Waals surface area contributed by atoms with Crippen molar-refractivity contribution in [3.05, 3.63) is 72.3 Å². The molecule has 0 heterocycles. The van der Waals surface area contributed by atoms with Crippen molar-refractivity contribution in [2.75, 3.05) is 0 Å². The second-order valence-electron chi connectivity index (χ2n) is 4.18. The molecule has 2 heteroatoms. The maximum Gasteiger partial charge on any atom is 0.135 e. The molecular formula is C17H11NO. The summed E-state index contributed by atoms with van der Waals surface area (Å²) in [5, 5.41) is 11.0. The van der Waals surface area contributed by atoms with E-state index < -0.39 is 0 Å². The molecule has 0 bridgehead atoms. The van der Waals surface area contributed by atoms with Crippen LogP contribution >= 0.6 is 0 Å². The standard InChI is InChI=1S/C17H11NO/c18-12-13-10-11-17(16-9-5-4-8-15(13)16)19-14-6-2-1-3-7-14/h1-11H. The highest BCUT2D eigenvalue weighted by Gasteiger charge is 2.06. The predicted octanol–water partition coefficient (Wildman–Crippen LogP) is 4.50. The molecule has 0 unspecified atom stereocenters. The molecule has 2 nitrogen and oxygen atoms in total. The van der Waals surface area contributed by atoms with Crippen LogP contribution in [0.3, 0.4) is 0 Å². The zero-order valence-corrected chi connectivity index (χ0v) is 10.2. The van der Waals surface area contributed by atoms with Gasteiger partial charge in [-0.3, -0.25) is 0 Å². The molecule has 0 amide bonds. The van der Waals surface area contributed by atoms with Gasteiger partial charge in [0.2, 0.25) is 0 Å². The van der Waals surface area contributed by atoms with Crippen molar-refractivity contribution in [3.63, 3.8) is 0 Å². The van der Waals surface area contributed by atoms with Crippen LogP contribution in [0, 0.1) is 11.3 Å². The number of para-hydroxylation sites is 1. The van der Waals surface area contributed by atoms with Crippen molar-refractivity contribution < 1.29 is 4.74 Å². The molecule has 0 radical (unpaired) electrons. The molecule has 3 aromatic rings. The van der Waals surface area contributed by atoms with Crippen molar-refractivity contribution in [2.45, 2.75) is 0 Å². The molecule has 0 fully saturated rings. The largest absolute Gasteiger partial charge is 0.457 e. The smallest absolute Gasteiger partial charge is 0.135 e. The highest BCUT2D eigenvalue weighted by atomic mass is 16.5. The molecule has 0 aliphatic heterocycles. The Balaban J connectivity index is 2.13. The molecule has 3 rings (SSSR count). The average molecular weight is 245 g/mol. The molecule has 0 atom stereocenters. The molecular weight excluding hydrogens is 234 g/mol. The normalized spacial score (nSPS) is 10.1. The van der Waals surface area contributed by atoms with Gasteiger partial charge in [-0.1, -0.05) is 42.5 Å². The number of hydrogen-bond donors (Lipinski definition) is 0. The van der Waals surface area contributed by atoms with Gasteiger partial charge in [0.25, 0.3) is 0 Å². The minimum Gasteiger partial charge on any atom is -0.457 e. The Morgan fingerprint density at radius 1 is 0.737 bits per heavy atom. The van der Waals surface area contributed by atoms with Crippen molar-refractivity contribution in [2.24, 2.45) is 0 Å². The van der Waals surface area contributed by atoms with Crippen molar-refractivity contribution in [3.8, 4) is 17.6 Å². The fourth-order valence-corrected chi connectivity index (χ4v) is 2.07. The minimum absolute atomic E-state index is 0.663.